The summed E-state index contributed by atoms with van der Waals surface area (Å²) in [7, 11) is 0. The summed E-state index contributed by atoms with van der Waals surface area (Å²) in [5.41, 5.74) is 0. The maximum absolute atomic E-state index is 5.96. The highest BCUT2D eigenvalue weighted by molar-refractivity contribution is 6.34. The number of halogens is 2. The van der Waals surface area contributed by atoms with Crippen LogP contribution in [-0.4, -0.2) is 6.61 Å². The van der Waals surface area contributed by atoms with Gasteiger partial charge in [0.15, 0.2) is 0 Å². The van der Waals surface area contributed by atoms with E-state index in [0.717, 1.165) is 25.7 Å². The van der Waals surface area contributed by atoms with Crippen LogP contribution >= 0.6 is 23.2 Å². The van der Waals surface area contributed by atoms with E-state index in [1.54, 1.807) is 18.2 Å². The van der Waals surface area contributed by atoms with E-state index in [0.29, 0.717) is 22.4 Å². The Morgan fingerprint density at radius 2 is 2.00 bits per heavy atom. The van der Waals surface area contributed by atoms with Crippen molar-refractivity contribution in [3.8, 4) is 5.75 Å². The van der Waals surface area contributed by atoms with Crippen LogP contribution in [0.15, 0.2) is 30.9 Å². The molecule has 0 aliphatic heterocycles. The van der Waals surface area contributed by atoms with Crippen molar-refractivity contribution >= 4 is 23.2 Å². The number of rotatable bonds is 7. The van der Waals surface area contributed by atoms with E-state index < -0.39 is 0 Å². The fraction of sp³-hybridized carbons (Fsp3) is 0.385. The first-order valence-electron chi connectivity index (χ1n) is 5.43. The van der Waals surface area contributed by atoms with Crippen LogP contribution in [0.5, 0.6) is 5.75 Å². The summed E-state index contributed by atoms with van der Waals surface area (Å²) in [6, 6.07) is 5.24. The van der Waals surface area contributed by atoms with Crippen LogP contribution in [-0.2, 0) is 0 Å². The second-order valence-corrected chi connectivity index (χ2v) is 4.40. The Hall–Kier alpha value is -0.660. The Morgan fingerprint density at radius 1 is 1.19 bits per heavy atom. The molecule has 0 atom stereocenters. The zero-order valence-corrected chi connectivity index (χ0v) is 10.7. The van der Waals surface area contributed by atoms with Crippen molar-refractivity contribution in [2.75, 3.05) is 6.61 Å². The monoisotopic (exact) mass is 258 g/mol. The van der Waals surface area contributed by atoms with Crippen molar-refractivity contribution in [3.05, 3.63) is 40.9 Å². The first-order valence-corrected chi connectivity index (χ1v) is 6.18. The number of hydrogen-bond acceptors (Lipinski definition) is 1. The van der Waals surface area contributed by atoms with Gasteiger partial charge in [0.1, 0.15) is 5.75 Å². The third-order valence-electron chi connectivity index (χ3n) is 2.20. The first kappa shape index (κ1) is 13.4. The molecule has 0 radical (unpaired) electrons. The molecule has 1 aromatic carbocycles. The molecule has 0 saturated carbocycles. The van der Waals surface area contributed by atoms with Crippen LogP contribution in [0.2, 0.25) is 10.0 Å². The fourth-order valence-corrected chi connectivity index (χ4v) is 1.67. The number of allylic oxidation sites excluding steroid dienone is 1. The van der Waals surface area contributed by atoms with Gasteiger partial charge in [-0.25, -0.2) is 0 Å². The summed E-state index contributed by atoms with van der Waals surface area (Å²) < 4.78 is 5.56. The molecule has 0 spiro atoms. The quantitative estimate of drug-likeness (QED) is 0.488. The molecule has 0 unspecified atom stereocenters. The molecule has 0 fully saturated rings. The Balaban J connectivity index is 2.26. The van der Waals surface area contributed by atoms with Gasteiger partial charge in [-0.2, -0.15) is 0 Å². The molecule has 0 N–H and O–H groups in total. The van der Waals surface area contributed by atoms with Crippen LogP contribution in [0.1, 0.15) is 25.7 Å². The second kappa shape index (κ2) is 7.59. The zero-order chi connectivity index (χ0) is 11.8. The maximum atomic E-state index is 5.96. The molecule has 16 heavy (non-hydrogen) atoms. The predicted octanol–water partition coefficient (Wildman–Crippen LogP) is 5.12. The largest absolute Gasteiger partial charge is 0.492 e. The highest BCUT2D eigenvalue weighted by atomic mass is 35.5. The number of unbranched alkanes of at least 4 members (excludes halogenated alkanes) is 3. The Labute approximate surface area is 107 Å². The number of hydrogen-bond donors (Lipinski definition) is 0. The van der Waals surface area contributed by atoms with Crippen LogP contribution in [0.3, 0.4) is 0 Å². The Kier molecular flexibility index (Phi) is 6.36. The molecule has 1 rings (SSSR count). The lowest BCUT2D eigenvalue weighted by molar-refractivity contribution is 0.305. The average Bonchev–Trinajstić information content (AvgIpc) is 2.28. The topological polar surface area (TPSA) is 9.23 Å². The van der Waals surface area contributed by atoms with Crippen molar-refractivity contribution in [1.82, 2.24) is 0 Å². The Bertz CT molecular complexity index is 337. The third-order valence-corrected chi connectivity index (χ3v) is 2.75. The minimum absolute atomic E-state index is 0.607. The molecule has 0 aromatic heterocycles. The van der Waals surface area contributed by atoms with Gasteiger partial charge in [0.25, 0.3) is 0 Å². The van der Waals surface area contributed by atoms with Crippen molar-refractivity contribution < 1.29 is 4.74 Å². The van der Waals surface area contributed by atoms with Crippen molar-refractivity contribution in [2.45, 2.75) is 25.7 Å². The molecule has 0 aliphatic carbocycles. The van der Waals surface area contributed by atoms with Crippen LogP contribution in [0.4, 0.5) is 0 Å². The van der Waals surface area contributed by atoms with Gasteiger partial charge in [0, 0.05) is 11.1 Å². The van der Waals surface area contributed by atoms with Crippen LogP contribution in [0.25, 0.3) is 0 Å². The molecule has 3 heteroatoms. The van der Waals surface area contributed by atoms with Crippen molar-refractivity contribution in [2.24, 2.45) is 0 Å². The minimum atomic E-state index is 0.607. The van der Waals surface area contributed by atoms with Gasteiger partial charge in [0.2, 0.25) is 0 Å². The maximum Gasteiger partial charge on any atom is 0.139 e. The third kappa shape index (κ3) is 4.91. The number of benzene rings is 1. The second-order valence-electron chi connectivity index (χ2n) is 3.56. The normalized spacial score (nSPS) is 10.1. The lowest BCUT2D eigenvalue weighted by Gasteiger charge is -2.07. The lowest BCUT2D eigenvalue weighted by atomic mass is 10.2. The van der Waals surface area contributed by atoms with Gasteiger partial charge in [-0.3, -0.25) is 0 Å². The van der Waals surface area contributed by atoms with Crippen LogP contribution in [0, 0.1) is 0 Å². The summed E-state index contributed by atoms with van der Waals surface area (Å²) in [6.07, 6.45) is 6.34. The van der Waals surface area contributed by atoms with Gasteiger partial charge in [-0.1, -0.05) is 29.3 Å². The van der Waals surface area contributed by atoms with E-state index in [2.05, 4.69) is 6.58 Å². The SMILES string of the molecule is C=CCCCCCOc1cc(Cl)ccc1Cl. The standard InChI is InChI=1S/C13H16Cl2O/c1-2-3-4-5-6-9-16-13-10-11(14)7-8-12(13)15/h2,7-8,10H,1,3-6,9H2. The molecule has 0 heterocycles. The van der Waals surface area contributed by atoms with E-state index in [4.69, 9.17) is 27.9 Å². The molecule has 1 aromatic rings. The summed E-state index contributed by atoms with van der Waals surface area (Å²) in [5.74, 6) is 0.665. The van der Waals surface area contributed by atoms with E-state index in [-0.39, 0.29) is 0 Å². The lowest BCUT2D eigenvalue weighted by Crippen LogP contribution is -1.97. The molecule has 88 valence electrons. The Morgan fingerprint density at radius 3 is 2.75 bits per heavy atom. The van der Waals surface area contributed by atoms with E-state index in [1.165, 1.54) is 0 Å². The molecule has 0 aliphatic rings. The molecule has 0 amide bonds. The molecule has 0 saturated heterocycles. The van der Waals surface area contributed by atoms with Crippen LogP contribution < -0.4 is 4.74 Å². The van der Waals surface area contributed by atoms with Gasteiger partial charge >= 0.3 is 0 Å². The minimum Gasteiger partial charge on any atom is -0.492 e. The zero-order valence-electron chi connectivity index (χ0n) is 9.22. The van der Waals surface area contributed by atoms with E-state index in [9.17, 15) is 0 Å². The van der Waals surface area contributed by atoms with Gasteiger partial charge < -0.3 is 4.74 Å². The number of ether oxygens (including phenoxy) is 1. The highest BCUT2D eigenvalue weighted by Crippen LogP contribution is 2.27. The summed E-state index contributed by atoms with van der Waals surface area (Å²) in [4.78, 5) is 0. The van der Waals surface area contributed by atoms with E-state index in [1.807, 2.05) is 6.08 Å². The van der Waals surface area contributed by atoms with Gasteiger partial charge in [0.05, 0.1) is 11.6 Å². The molecular formula is C13H16Cl2O. The summed E-state index contributed by atoms with van der Waals surface area (Å²) >= 11 is 11.8. The first-order chi connectivity index (χ1) is 7.74. The summed E-state index contributed by atoms with van der Waals surface area (Å²) in [5, 5.41) is 1.25. The highest BCUT2D eigenvalue weighted by Gasteiger charge is 2.01. The average molecular weight is 259 g/mol. The van der Waals surface area contributed by atoms with Gasteiger partial charge in [-0.05, 0) is 37.8 Å². The smallest absolute Gasteiger partial charge is 0.139 e. The fourth-order valence-electron chi connectivity index (χ4n) is 1.34. The van der Waals surface area contributed by atoms with E-state index >= 15 is 0 Å². The predicted molar refractivity (Wildman–Crippen MR) is 70.6 cm³/mol. The molecule has 0 bridgehead atoms. The van der Waals surface area contributed by atoms with Crippen molar-refractivity contribution in [1.29, 1.82) is 0 Å². The summed E-state index contributed by atoms with van der Waals surface area (Å²) in [6.45, 7) is 4.36. The molecule has 1 nitrogen and oxygen atoms in total. The van der Waals surface area contributed by atoms with Crippen molar-refractivity contribution in [3.63, 3.8) is 0 Å². The molecular weight excluding hydrogens is 243 g/mol. The van der Waals surface area contributed by atoms with Gasteiger partial charge in [-0.15, -0.1) is 6.58 Å².